The standard InChI is InChI=1S/C22H25N5O/c1-4-17-9-6-10-18(5-2)20(17)27-22-25-15(3)12-19(26-22)21(28)24-14-16-8-7-11-23-13-16/h6-13H,4-5,14H2,1-3H3,(H,24,28)(H,25,26,27). The van der Waals surface area contributed by atoms with Crippen LogP contribution in [-0.2, 0) is 19.4 Å². The van der Waals surface area contributed by atoms with Gasteiger partial charge in [0.2, 0.25) is 5.95 Å². The van der Waals surface area contributed by atoms with E-state index in [0.29, 0.717) is 18.2 Å². The third-order valence-electron chi connectivity index (χ3n) is 4.50. The lowest BCUT2D eigenvalue weighted by molar-refractivity contribution is 0.0945. The highest BCUT2D eigenvalue weighted by molar-refractivity contribution is 5.92. The van der Waals surface area contributed by atoms with Crippen LogP contribution in [0.4, 0.5) is 11.6 Å². The van der Waals surface area contributed by atoms with E-state index in [1.165, 1.54) is 11.1 Å². The summed E-state index contributed by atoms with van der Waals surface area (Å²) in [6.07, 6.45) is 5.24. The lowest BCUT2D eigenvalue weighted by Crippen LogP contribution is -2.24. The summed E-state index contributed by atoms with van der Waals surface area (Å²) in [7, 11) is 0. The summed E-state index contributed by atoms with van der Waals surface area (Å²) >= 11 is 0. The second-order valence-electron chi connectivity index (χ2n) is 6.55. The molecule has 0 unspecified atom stereocenters. The number of benzene rings is 1. The number of carbonyl (C=O) groups excluding carboxylic acids is 1. The van der Waals surface area contributed by atoms with Crippen LogP contribution in [0.5, 0.6) is 0 Å². The van der Waals surface area contributed by atoms with Crippen LogP contribution >= 0.6 is 0 Å². The first-order valence-corrected chi connectivity index (χ1v) is 9.51. The molecule has 28 heavy (non-hydrogen) atoms. The van der Waals surface area contributed by atoms with Crippen LogP contribution in [0.1, 0.15) is 46.7 Å². The van der Waals surface area contributed by atoms with Gasteiger partial charge in [0, 0.05) is 30.3 Å². The van der Waals surface area contributed by atoms with E-state index < -0.39 is 0 Å². The minimum atomic E-state index is -0.239. The number of amides is 1. The molecule has 144 valence electrons. The van der Waals surface area contributed by atoms with Gasteiger partial charge in [-0.1, -0.05) is 38.1 Å². The van der Waals surface area contributed by atoms with Crippen LogP contribution in [0, 0.1) is 6.92 Å². The zero-order chi connectivity index (χ0) is 19.9. The molecule has 1 aromatic carbocycles. The molecule has 6 heteroatoms. The van der Waals surface area contributed by atoms with Crippen LogP contribution in [0.2, 0.25) is 0 Å². The van der Waals surface area contributed by atoms with E-state index in [-0.39, 0.29) is 5.91 Å². The minimum absolute atomic E-state index is 0.239. The summed E-state index contributed by atoms with van der Waals surface area (Å²) in [6.45, 7) is 6.50. The molecule has 3 aromatic rings. The summed E-state index contributed by atoms with van der Waals surface area (Å²) < 4.78 is 0. The molecule has 2 N–H and O–H groups in total. The molecule has 0 atom stereocenters. The largest absolute Gasteiger partial charge is 0.347 e. The molecular weight excluding hydrogens is 350 g/mol. The van der Waals surface area contributed by atoms with Gasteiger partial charge >= 0.3 is 0 Å². The first-order chi connectivity index (χ1) is 13.6. The predicted molar refractivity (Wildman–Crippen MR) is 111 cm³/mol. The van der Waals surface area contributed by atoms with E-state index in [1.807, 2.05) is 19.1 Å². The average molecular weight is 375 g/mol. The summed E-state index contributed by atoms with van der Waals surface area (Å²) in [5.74, 6) is 0.194. The Kier molecular flexibility index (Phi) is 6.32. The number of aromatic nitrogens is 3. The monoisotopic (exact) mass is 375 g/mol. The van der Waals surface area contributed by atoms with Gasteiger partial charge in [-0.15, -0.1) is 0 Å². The van der Waals surface area contributed by atoms with Gasteiger partial charge in [-0.2, -0.15) is 0 Å². The molecule has 0 saturated heterocycles. The van der Waals surface area contributed by atoms with Crippen LogP contribution in [0.25, 0.3) is 0 Å². The second kappa shape index (κ2) is 9.08. The van der Waals surface area contributed by atoms with E-state index in [1.54, 1.807) is 18.5 Å². The summed E-state index contributed by atoms with van der Waals surface area (Å²) in [6, 6.07) is 11.7. The summed E-state index contributed by atoms with van der Waals surface area (Å²) in [5.41, 5.74) is 5.44. The Balaban J connectivity index is 1.81. The topological polar surface area (TPSA) is 79.8 Å². The lowest BCUT2D eigenvalue weighted by Gasteiger charge is -2.15. The SMILES string of the molecule is CCc1cccc(CC)c1Nc1nc(C)cc(C(=O)NCc2cccnc2)n1. The Labute approximate surface area is 165 Å². The molecule has 2 heterocycles. The minimum Gasteiger partial charge on any atom is -0.347 e. The number of hydrogen-bond acceptors (Lipinski definition) is 5. The molecule has 0 aliphatic carbocycles. The average Bonchev–Trinajstić information content (AvgIpc) is 2.72. The van der Waals surface area contributed by atoms with Gasteiger partial charge in [0.25, 0.3) is 5.91 Å². The third kappa shape index (κ3) is 4.71. The molecule has 2 aromatic heterocycles. The quantitative estimate of drug-likeness (QED) is 0.653. The molecule has 0 aliphatic rings. The number of pyridine rings is 1. The molecule has 6 nitrogen and oxygen atoms in total. The van der Waals surface area contributed by atoms with Gasteiger partial charge in [-0.25, -0.2) is 9.97 Å². The lowest BCUT2D eigenvalue weighted by atomic mass is 10.0. The van der Waals surface area contributed by atoms with Gasteiger partial charge in [0.05, 0.1) is 0 Å². The number of hydrogen-bond donors (Lipinski definition) is 2. The van der Waals surface area contributed by atoms with E-state index in [9.17, 15) is 4.79 Å². The Bertz CT molecular complexity index is 934. The second-order valence-corrected chi connectivity index (χ2v) is 6.55. The van der Waals surface area contributed by atoms with Crippen LogP contribution < -0.4 is 10.6 Å². The van der Waals surface area contributed by atoms with Crippen molar-refractivity contribution in [3.05, 3.63) is 76.9 Å². The highest BCUT2D eigenvalue weighted by Gasteiger charge is 2.13. The molecule has 1 amide bonds. The summed E-state index contributed by atoms with van der Waals surface area (Å²) in [5, 5.41) is 6.22. The summed E-state index contributed by atoms with van der Waals surface area (Å²) in [4.78, 5) is 25.5. The molecule has 0 aliphatic heterocycles. The zero-order valence-corrected chi connectivity index (χ0v) is 16.5. The number of para-hydroxylation sites is 1. The van der Waals surface area contributed by atoms with Crippen molar-refractivity contribution in [2.75, 3.05) is 5.32 Å². The number of carbonyl (C=O) groups is 1. The van der Waals surface area contributed by atoms with Crippen LogP contribution in [0.15, 0.2) is 48.8 Å². The van der Waals surface area contributed by atoms with Gasteiger partial charge in [-0.3, -0.25) is 9.78 Å². The van der Waals surface area contributed by atoms with Gasteiger partial charge in [-0.05, 0) is 48.6 Å². The fraction of sp³-hybridized carbons (Fsp3) is 0.273. The Hall–Kier alpha value is -3.28. The van der Waals surface area contributed by atoms with Crippen molar-refractivity contribution in [2.24, 2.45) is 0 Å². The fourth-order valence-corrected chi connectivity index (χ4v) is 3.03. The Morgan fingerprint density at radius 1 is 1.04 bits per heavy atom. The van der Waals surface area contributed by atoms with Crippen LogP contribution in [0.3, 0.4) is 0 Å². The maximum atomic E-state index is 12.6. The first-order valence-electron chi connectivity index (χ1n) is 9.51. The molecule has 0 spiro atoms. The number of nitrogens with one attached hydrogen (secondary N) is 2. The Morgan fingerprint density at radius 3 is 2.43 bits per heavy atom. The smallest absolute Gasteiger partial charge is 0.270 e. The molecular formula is C22H25N5O. The number of rotatable bonds is 7. The van der Waals surface area contributed by atoms with Crippen molar-refractivity contribution >= 4 is 17.5 Å². The molecule has 0 saturated carbocycles. The van der Waals surface area contributed by atoms with Crippen molar-refractivity contribution in [1.29, 1.82) is 0 Å². The molecule has 3 rings (SSSR count). The maximum Gasteiger partial charge on any atom is 0.270 e. The van der Waals surface area contributed by atoms with Crippen LogP contribution in [-0.4, -0.2) is 20.9 Å². The van der Waals surface area contributed by atoms with E-state index in [0.717, 1.165) is 29.8 Å². The predicted octanol–water partition coefficient (Wildman–Crippen LogP) is 3.98. The number of nitrogens with zero attached hydrogens (tertiary/aromatic N) is 3. The third-order valence-corrected chi connectivity index (χ3v) is 4.50. The van der Waals surface area contributed by atoms with Gasteiger partial charge in [0.15, 0.2) is 0 Å². The van der Waals surface area contributed by atoms with Crippen molar-refractivity contribution < 1.29 is 4.79 Å². The fourth-order valence-electron chi connectivity index (χ4n) is 3.03. The molecule has 0 fully saturated rings. The normalized spacial score (nSPS) is 10.5. The van der Waals surface area contributed by atoms with E-state index in [4.69, 9.17) is 0 Å². The van der Waals surface area contributed by atoms with Crippen molar-refractivity contribution in [1.82, 2.24) is 20.3 Å². The molecule has 0 bridgehead atoms. The zero-order valence-electron chi connectivity index (χ0n) is 16.5. The van der Waals surface area contributed by atoms with E-state index >= 15 is 0 Å². The highest BCUT2D eigenvalue weighted by atomic mass is 16.1. The van der Waals surface area contributed by atoms with Crippen molar-refractivity contribution in [3.8, 4) is 0 Å². The van der Waals surface area contributed by atoms with E-state index in [2.05, 4.69) is 57.6 Å². The molecule has 0 radical (unpaired) electrons. The van der Waals surface area contributed by atoms with Crippen molar-refractivity contribution in [3.63, 3.8) is 0 Å². The van der Waals surface area contributed by atoms with Gasteiger partial charge in [0.1, 0.15) is 5.69 Å². The van der Waals surface area contributed by atoms with Crippen molar-refractivity contribution in [2.45, 2.75) is 40.2 Å². The number of anilines is 2. The highest BCUT2D eigenvalue weighted by Crippen LogP contribution is 2.25. The number of aryl methyl sites for hydroxylation is 3. The Morgan fingerprint density at radius 2 is 1.79 bits per heavy atom. The maximum absolute atomic E-state index is 12.6. The first kappa shape index (κ1) is 19.5. The van der Waals surface area contributed by atoms with Gasteiger partial charge < -0.3 is 10.6 Å².